The van der Waals surface area contributed by atoms with Crippen molar-refractivity contribution >= 4 is 24.0 Å². The van der Waals surface area contributed by atoms with Crippen molar-refractivity contribution in [1.82, 2.24) is 0 Å². The fraction of sp³-hybridized carbons (Fsp3) is 0.400. The lowest BCUT2D eigenvalue weighted by Crippen LogP contribution is -2.17. The molecular formula is C10H9Cl2F6N. The van der Waals surface area contributed by atoms with Crippen molar-refractivity contribution in [2.24, 2.45) is 5.73 Å². The molecular weight excluding hydrogens is 319 g/mol. The van der Waals surface area contributed by atoms with Crippen LogP contribution in [0, 0.1) is 5.82 Å². The van der Waals surface area contributed by atoms with E-state index in [4.69, 9.17) is 17.3 Å². The van der Waals surface area contributed by atoms with Crippen molar-refractivity contribution in [3.8, 4) is 0 Å². The summed E-state index contributed by atoms with van der Waals surface area (Å²) < 4.78 is 74.9. The first-order valence-electron chi connectivity index (χ1n) is 4.72. The standard InChI is InChI=1S/C10H8ClF6N.ClH/c11-6-2-4(10(15,16)17)1-5(9(6)14)7(18)3-8(12)13;/h1-2,7-8H,3,18H2;1H/t7-;/m1./s1. The van der Waals surface area contributed by atoms with Gasteiger partial charge in [0.15, 0.2) is 0 Å². The van der Waals surface area contributed by atoms with Gasteiger partial charge in [-0.2, -0.15) is 13.2 Å². The molecule has 0 unspecified atom stereocenters. The van der Waals surface area contributed by atoms with Crippen molar-refractivity contribution in [3.05, 3.63) is 34.1 Å². The summed E-state index contributed by atoms with van der Waals surface area (Å²) in [6.45, 7) is 0. The molecule has 1 nitrogen and oxygen atoms in total. The maximum absolute atomic E-state index is 13.4. The fourth-order valence-corrected chi connectivity index (χ4v) is 1.59. The Morgan fingerprint density at radius 1 is 1.21 bits per heavy atom. The summed E-state index contributed by atoms with van der Waals surface area (Å²) in [6.07, 6.45) is -8.56. The van der Waals surface area contributed by atoms with Gasteiger partial charge in [-0.3, -0.25) is 0 Å². The quantitative estimate of drug-likeness (QED) is 0.808. The fourth-order valence-electron chi connectivity index (χ4n) is 1.36. The van der Waals surface area contributed by atoms with Crippen LogP contribution in [0.25, 0.3) is 0 Å². The van der Waals surface area contributed by atoms with Crippen LogP contribution in [0.5, 0.6) is 0 Å². The van der Waals surface area contributed by atoms with E-state index in [0.29, 0.717) is 12.1 Å². The van der Waals surface area contributed by atoms with E-state index in [9.17, 15) is 26.3 Å². The summed E-state index contributed by atoms with van der Waals surface area (Å²) in [6, 6.07) is -0.770. The molecule has 0 amide bonds. The Kier molecular flexibility index (Phi) is 6.44. The highest BCUT2D eigenvalue weighted by Gasteiger charge is 2.33. The highest BCUT2D eigenvalue weighted by molar-refractivity contribution is 6.30. The van der Waals surface area contributed by atoms with Crippen LogP contribution >= 0.6 is 24.0 Å². The molecule has 19 heavy (non-hydrogen) atoms. The van der Waals surface area contributed by atoms with Crippen LogP contribution in [0.2, 0.25) is 5.02 Å². The molecule has 1 rings (SSSR count). The van der Waals surface area contributed by atoms with Gasteiger partial charge >= 0.3 is 6.18 Å². The lowest BCUT2D eigenvalue weighted by molar-refractivity contribution is -0.137. The van der Waals surface area contributed by atoms with Crippen molar-refractivity contribution in [1.29, 1.82) is 0 Å². The van der Waals surface area contributed by atoms with Gasteiger partial charge in [-0.15, -0.1) is 12.4 Å². The van der Waals surface area contributed by atoms with Gasteiger partial charge in [0.2, 0.25) is 6.43 Å². The Labute approximate surface area is 116 Å². The molecule has 0 saturated carbocycles. The van der Waals surface area contributed by atoms with Crippen LogP contribution in [-0.2, 0) is 6.18 Å². The maximum atomic E-state index is 13.4. The SMILES string of the molecule is Cl.N[C@H](CC(F)F)c1cc(C(F)(F)F)cc(Cl)c1F. The van der Waals surface area contributed by atoms with Gasteiger partial charge in [-0.1, -0.05) is 11.6 Å². The van der Waals surface area contributed by atoms with Crippen LogP contribution < -0.4 is 5.73 Å². The molecule has 0 bridgehead atoms. The minimum absolute atomic E-state index is 0. The Morgan fingerprint density at radius 2 is 1.74 bits per heavy atom. The van der Waals surface area contributed by atoms with Gasteiger partial charge in [-0.05, 0) is 12.1 Å². The largest absolute Gasteiger partial charge is 0.416 e. The summed E-state index contributed by atoms with van der Waals surface area (Å²) in [5, 5.41) is -0.801. The molecule has 110 valence electrons. The first-order valence-corrected chi connectivity index (χ1v) is 5.10. The Bertz CT molecular complexity index is 435. The summed E-state index contributed by atoms with van der Waals surface area (Å²) in [5.41, 5.74) is 3.33. The van der Waals surface area contributed by atoms with Crippen LogP contribution in [0.1, 0.15) is 23.6 Å². The molecule has 1 aromatic carbocycles. The van der Waals surface area contributed by atoms with E-state index in [2.05, 4.69) is 0 Å². The van der Waals surface area contributed by atoms with Crippen molar-refractivity contribution in [2.45, 2.75) is 25.1 Å². The third-order valence-electron chi connectivity index (χ3n) is 2.22. The van der Waals surface area contributed by atoms with Gasteiger partial charge in [0, 0.05) is 18.0 Å². The van der Waals surface area contributed by atoms with Gasteiger partial charge in [0.25, 0.3) is 0 Å². The van der Waals surface area contributed by atoms with E-state index >= 15 is 0 Å². The van der Waals surface area contributed by atoms with Gasteiger partial charge in [0.1, 0.15) is 5.82 Å². The van der Waals surface area contributed by atoms with E-state index in [1.165, 1.54) is 0 Å². The summed E-state index contributed by atoms with van der Waals surface area (Å²) >= 11 is 5.29. The molecule has 9 heteroatoms. The second-order valence-corrected chi connectivity index (χ2v) is 4.00. The first kappa shape index (κ1) is 18.3. The second-order valence-electron chi connectivity index (χ2n) is 3.59. The predicted octanol–water partition coefficient (Wildman–Crippen LogP) is 4.57. The number of benzene rings is 1. The molecule has 2 N–H and O–H groups in total. The number of hydrogen-bond donors (Lipinski definition) is 1. The van der Waals surface area contributed by atoms with E-state index in [1.807, 2.05) is 0 Å². The van der Waals surface area contributed by atoms with Crippen molar-refractivity contribution < 1.29 is 26.3 Å². The monoisotopic (exact) mass is 327 g/mol. The number of hydrogen-bond acceptors (Lipinski definition) is 1. The van der Waals surface area contributed by atoms with Crippen molar-refractivity contribution in [3.63, 3.8) is 0 Å². The lowest BCUT2D eigenvalue weighted by Gasteiger charge is -2.16. The highest BCUT2D eigenvalue weighted by Crippen LogP contribution is 2.35. The van der Waals surface area contributed by atoms with Crippen LogP contribution in [0.4, 0.5) is 26.3 Å². The molecule has 0 aliphatic heterocycles. The van der Waals surface area contributed by atoms with Crippen molar-refractivity contribution in [2.75, 3.05) is 0 Å². The molecule has 0 aliphatic carbocycles. The third kappa shape index (κ3) is 4.74. The van der Waals surface area contributed by atoms with Crippen LogP contribution in [0.15, 0.2) is 12.1 Å². The number of rotatable bonds is 3. The number of halogens is 8. The average Bonchev–Trinajstić information content (AvgIpc) is 2.18. The molecule has 0 radical (unpaired) electrons. The Balaban J connectivity index is 0.00000324. The highest BCUT2D eigenvalue weighted by atomic mass is 35.5. The molecule has 0 spiro atoms. The number of alkyl halides is 5. The zero-order valence-corrected chi connectivity index (χ0v) is 10.7. The van der Waals surface area contributed by atoms with Gasteiger partial charge < -0.3 is 5.73 Å². The van der Waals surface area contributed by atoms with Gasteiger partial charge in [-0.25, -0.2) is 13.2 Å². The summed E-state index contributed by atoms with van der Waals surface area (Å²) in [7, 11) is 0. The minimum atomic E-state index is -4.75. The molecule has 0 fully saturated rings. The third-order valence-corrected chi connectivity index (χ3v) is 2.49. The van der Waals surface area contributed by atoms with Gasteiger partial charge in [0.05, 0.1) is 10.6 Å². The number of nitrogens with two attached hydrogens (primary N) is 1. The Hall–Kier alpha value is -0.660. The van der Waals surface area contributed by atoms with E-state index < -0.39 is 47.0 Å². The normalized spacial score (nSPS) is 13.3. The van der Waals surface area contributed by atoms with Crippen LogP contribution in [0.3, 0.4) is 0 Å². The summed E-state index contributed by atoms with van der Waals surface area (Å²) in [4.78, 5) is 0. The van der Waals surface area contributed by atoms with E-state index in [1.54, 1.807) is 0 Å². The Morgan fingerprint density at radius 3 is 2.16 bits per heavy atom. The summed E-state index contributed by atoms with van der Waals surface area (Å²) in [5.74, 6) is -1.21. The first-order chi connectivity index (χ1) is 8.12. The van der Waals surface area contributed by atoms with E-state index in [0.717, 1.165) is 0 Å². The second kappa shape index (κ2) is 6.67. The zero-order valence-electron chi connectivity index (χ0n) is 9.15. The topological polar surface area (TPSA) is 26.0 Å². The lowest BCUT2D eigenvalue weighted by atomic mass is 10.0. The molecule has 0 aliphatic rings. The average molecular weight is 328 g/mol. The minimum Gasteiger partial charge on any atom is -0.324 e. The molecule has 1 atom stereocenters. The molecule has 1 aromatic rings. The smallest absolute Gasteiger partial charge is 0.324 e. The van der Waals surface area contributed by atoms with E-state index in [-0.39, 0.29) is 12.4 Å². The predicted molar refractivity (Wildman–Crippen MR) is 61.2 cm³/mol. The molecule has 0 heterocycles. The zero-order chi connectivity index (χ0) is 14.1. The van der Waals surface area contributed by atoms with Crippen LogP contribution in [-0.4, -0.2) is 6.43 Å². The molecule has 0 saturated heterocycles. The maximum Gasteiger partial charge on any atom is 0.416 e. The molecule has 0 aromatic heterocycles.